The molecule has 0 unspecified atom stereocenters. The second-order valence-corrected chi connectivity index (χ2v) is 4.61. The molecule has 2 rings (SSSR count). The quantitative estimate of drug-likeness (QED) is 0.910. The van der Waals surface area contributed by atoms with Gasteiger partial charge in [-0.3, -0.25) is 0 Å². The van der Waals surface area contributed by atoms with E-state index in [1.165, 1.54) is 11.5 Å². The van der Waals surface area contributed by atoms with Crippen LogP contribution in [0.2, 0.25) is 0 Å². The molecule has 0 fully saturated rings. The van der Waals surface area contributed by atoms with E-state index >= 15 is 0 Å². The molecule has 2 aromatic rings. The molecule has 0 saturated heterocycles. The molecule has 1 heterocycles. The van der Waals surface area contributed by atoms with Gasteiger partial charge in [-0.05, 0) is 18.2 Å². The van der Waals surface area contributed by atoms with Crippen LogP contribution in [0.15, 0.2) is 28.9 Å². The van der Waals surface area contributed by atoms with Gasteiger partial charge in [0.2, 0.25) is 0 Å². The van der Waals surface area contributed by atoms with Gasteiger partial charge in [-0.15, -0.1) is 5.10 Å². The van der Waals surface area contributed by atoms with Gasteiger partial charge in [0.05, 0.1) is 6.20 Å². The van der Waals surface area contributed by atoms with E-state index in [1.54, 1.807) is 18.3 Å². The van der Waals surface area contributed by atoms with Crippen molar-refractivity contribution < 1.29 is 5.11 Å². The normalized spacial score (nSPS) is 10.2. The van der Waals surface area contributed by atoms with Gasteiger partial charge >= 0.3 is 0 Å². The van der Waals surface area contributed by atoms with Crippen LogP contribution in [0.5, 0.6) is 5.75 Å². The zero-order valence-electron chi connectivity index (χ0n) is 7.64. The Bertz CT molecular complexity index is 447. The molecular formula is C9H8BrN3OS. The number of aromatic hydroxyl groups is 1. The van der Waals surface area contributed by atoms with E-state index in [4.69, 9.17) is 0 Å². The second-order valence-electron chi connectivity index (χ2n) is 2.91. The molecule has 1 aromatic carbocycles. The van der Waals surface area contributed by atoms with Crippen molar-refractivity contribution in [3.63, 3.8) is 0 Å². The number of benzene rings is 1. The first kappa shape index (κ1) is 10.4. The Labute approximate surface area is 99.3 Å². The number of phenols is 1. The molecule has 0 aliphatic heterocycles. The number of nitrogens with zero attached hydrogens (tertiary/aromatic N) is 2. The molecule has 0 aliphatic rings. The topological polar surface area (TPSA) is 58.0 Å². The van der Waals surface area contributed by atoms with Crippen LogP contribution in [-0.4, -0.2) is 14.7 Å². The number of halogens is 1. The molecule has 1 aromatic heterocycles. The molecule has 0 bridgehead atoms. The third-order valence-electron chi connectivity index (χ3n) is 1.86. The predicted octanol–water partition coefficient (Wildman–Crippen LogP) is 2.62. The molecular weight excluding hydrogens is 278 g/mol. The van der Waals surface area contributed by atoms with E-state index in [-0.39, 0.29) is 5.75 Å². The third-order valence-corrected chi connectivity index (χ3v) is 2.97. The molecule has 4 nitrogen and oxygen atoms in total. The standard InChI is InChI=1S/C9H8BrN3OS/c10-7-1-2-8(14)6(3-7)4-11-9-5-12-13-15-9/h1-3,5,11,14H,4H2. The van der Waals surface area contributed by atoms with Crippen molar-refractivity contribution in [3.8, 4) is 5.75 Å². The lowest BCUT2D eigenvalue weighted by Gasteiger charge is -2.05. The van der Waals surface area contributed by atoms with Crippen LogP contribution in [0.4, 0.5) is 5.00 Å². The van der Waals surface area contributed by atoms with E-state index in [0.717, 1.165) is 15.0 Å². The van der Waals surface area contributed by atoms with Crippen LogP contribution in [-0.2, 0) is 6.54 Å². The number of phenolic OH excluding ortho intramolecular Hbond substituents is 1. The largest absolute Gasteiger partial charge is 0.508 e. The fourth-order valence-corrected chi connectivity index (χ4v) is 1.94. The molecule has 78 valence electrons. The van der Waals surface area contributed by atoms with E-state index in [9.17, 15) is 5.11 Å². The maximum atomic E-state index is 9.57. The smallest absolute Gasteiger partial charge is 0.130 e. The molecule has 0 aliphatic carbocycles. The van der Waals surface area contributed by atoms with Crippen molar-refractivity contribution in [1.29, 1.82) is 0 Å². The van der Waals surface area contributed by atoms with Crippen LogP contribution in [0.25, 0.3) is 0 Å². The number of nitrogens with one attached hydrogen (secondary N) is 1. The highest BCUT2D eigenvalue weighted by Crippen LogP contribution is 2.23. The molecule has 0 saturated carbocycles. The third kappa shape index (κ3) is 2.66. The average molecular weight is 286 g/mol. The van der Waals surface area contributed by atoms with Crippen molar-refractivity contribution in [2.24, 2.45) is 0 Å². The number of hydrogen-bond acceptors (Lipinski definition) is 5. The number of rotatable bonds is 3. The zero-order valence-corrected chi connectivity index (χ0v) is 10.0. The molecule has 2 N–H and O–H groups in total. The van der Waals surface area contributed by atoms with Gasteiger partial charge in [-0.2, -0.15) is 0 Å². The first-order chi connectivity index (χ1) is 7.25. The summed E-state index contributed by atoms with van der Waals surface area (Å²) in [6, 6.07) is 5.33. The first-order valence-corrected chi connectivity index (χ1v) is 5.81. The Kier molecular flexibility index (Phi) is 3.17. The minimum Gasteiger partial charge on any atom is -0.508 e. The molecule has 15 heavy (non-hydrogen) atoms. The van der Waals surface area contributed by atoms with Gasteiger partial charge in [0.1, 0.15) is 10.8 Å². The van der Waals surface area contributed by atoms with Crippen LogP contribution in [0, 0.1) is 0 Å². The summed E-state index contributed by atoms with van der Waals surface area (Å²) >= 11 is 4.64. The Morgan fingerprint density at radius 1 is 1.47 bits per heavy atom. The fraction of sp³-hybridized carbons (Fsp3) is 0.111. The fourth-order valence-electron chi connectivity index (χ4n) is 1.12. The Hall–Kier alpha value is -1.14. The monoisotopic (exact) mass is 285 g/mol. The Balaban J connectivity index is 2.07. The van der Waals surface area contributed by atoms with E-state index in [2.05, 4.69) is 30.8 Å². The highest BCUT2D eigenvalue weighted by atomic mass is 79.9. The van der Waals surface area contributed by atoms with E-state index < -0.39 is 0 Å². The summed E-state index contributed by atoms with van der Waals surface area (Å²) < 4.78 is 4.68. The van der Waals surface area contributed by atoms with Crippen molar-refractivity contribution in [1.82, 2.24) is 9.59 Å². The lowest BCUT2D eigenvalue weighted by atomic mass is 10.2. The summed E-state index contributed by atoms with van der Waals surface area (Å²) in [5.74, 6) is 0.281. The van der Waals surface area contributed by atoms with Crippen LogP contribution in [0.3, 0.4) is 0 Å². The van der Waals surface area contributed by atoms with Crippen molar-refractivity contribution >= 4 is 32.5 Å². The summed E-state index contributed by atoms with van der Waals surface area (Å²) in [5.41, 5.74) is 0.831. The van der Waals surface area contributed by atoms with Gasteiger partial charge in [-0.1, -0.05) is 20.4 Å². The van der Waals surface area contributed by atoms with Gasteiger partial charge in [0.25, 0.3) is 0 Å². The maximum absolute atomic E-state index is 9.57. The Morgan fingerprint density at radius 3 is 3.07 bits per heavy atom. The van der Waals surface area contributed by atoms with Crippen LogP contribution >= 0.6 is 27.5 Å². The van der Waals surface area contributed by atoms with Crippen molar-refractivity contribution in [2.45, 2.75) is 6.54 Å². The second kappa shape index (κ2) is 4.59. The summed E-state index contributed by atoms with van der Waals surface area (Å²) in [4.78, 5) is 0. The van der Waals surface area contributed by atoms with E-state index in [1.807, 2.05) is 6.07 Å². The zero-order chi connectivity index (χ0) is 10.7. The number of hydrogen-bond donors (Lipinski definition) is 2. The lowest BCUT2D eigenvalue weighted by Crippen LogP contribution is -1.97. The number of aromatic nitrogens is 2. The number of anilines is 1. The van der Waals surface area contributed by atoms with Crippen molar-refractivity contribution in [2.75, 3.05) is 5.32 Å². The molecule has 0 radical (unpaired) electrons. The molecule has 0 amide bonds. The SMILES string of the molecule is Oc1ccc(Br)cc1CNc1cnns1. The van der Waals surface area contributed by atoms with Gasteiger partial charge in [0, 0.05) is 28.1 Å². The van der Waals surface area contributed by atoms with E-state index in [0.29, 0.717) is 6.54 Å². The highest BCUT2D eigenvalue weighted by molar-refractivity contribution is 9.10. The molecule has 0 spiro atoms. The minimum absolute atomic E-state index is 0.281. The van der Waals surface area contributed by atoms with Crippen LogP contribution < -0.4 is 5.32 Å². The summed E-state index contributed by atoms with van der Waals surface area (Å²) in [5, 5.41) is 17.3. The summed E-state index contributed by atoms with van der Waals surface area (Å²) in [7, 11) is 0. The minimum atomic E-state index is 0.281. The molecule has 6 heteroatoms. The highest BCUT2D eigenvalue weighted by Gasteiger charge is 2.02. The van der Waals surface area contributed by atoms with Gasteiger partial charge in [-0.25, -0.2) is 0 Å². The maximum Gasteiger partial charge on any atom is 0.130 e. The predicted molar refractivity (Wildman–Crippen MR) is 63.0 cm³/mol. The van der Waals surface area contributed by atoms with Crippen LogP contribution in [0.1, 0.15) is 5.56 Å². The Morgan fingerprint density at radius 2 is 2.33 bits per heavy atom. The summed E-state index contributed by atoms with van der Waals surface area (Å²) in [6.45, 7) is 0.551. The molecule has 0 atom stereocenters. The lowest BCUT2D eigenvalue weighted by molar-refractivity contribution is 0.469. The van der Waals surface area contributed by atoms with Gasteiger partial charge < -0.3 is 10.4 Å². The van der Waals surface area contributed by atoms with Gasteiger partial charge in [0.15, 0.2) is 0 Å². The first-order valence-electron chi connectivity index (χ1n) is 4.24. The average Bonchev–Trinajstić information content (AvgIpc) is 2.72. The summed E-state index contributed by atoms with van der Waals surface area (Å²) in [6.07, 6.45) is 1.65. The van der Waals surface area contributed by atoms with Crippen molar-refractivity contribution in [3.05, 3.63) is 34.4 Å².